The second kappa shape index (κ2) is 7.70. The third kappa shape index (κ3) is 4.12. The summed E-state index contributed by atoms with van der Waals surface area (Å²) in [5.74, 6) is -1.05. The molecular weight excluding hydrogens is 342 g/mol. The maximum Gasteiger partial charge on any atom is 0.263 e. The number of aromatic nitrogens is 1. The van der Waals surface area contributed by atoms with Crippen LogP contribution < -0.4 is 16.6 Å². The molecule has 136 valence electrons. The van der Waals surface area contributed by atoms with Gasteiger partial charge in [0.05, 0.1) is 6.54 Å². The molecule has 0 saturated carbocycles. The lowest BCUT2D eigenvalue weighted by Gasteiger charge is -2.10. The maximum absolute atomic E-state index is 12.7. The Morgan fingerprint density at radius 3 is 2.37 bits per heavy atom. The molecule has 2 aromatic carbocycles. The van der Waals surface area contributed by atoms with E-state index in [2.05, 4.69) is 5.32 Å². The van der Waals surface area contributed by atoms with Crippen molar-refractivity contribution in [3.05, 3.63) is 99.5 Å². The van der Waals surface area contributed by atoms with Gasteiger partial charge in [0.1, 0.15) is 5.56 Å². The van der Waals surface area contributed by atoms with Gasteiger partial charge in [-0.15, -0.1) is 0 Å². The zero-order chi connectivity index (χ0) is 19.4. The third-order valence-corrected chi connectivity index (χ3v) is 4.29. The Kier molecular flexibility index (Phi) is 5.17. The minimum absolute atomic E-state index is 0.0464. The zero-order valence-corrected chi connectivity index (χ0v) is 14.8. The lowest BCUT2D eigenvalue weighted by molar-refractivity contribution is 0.0998. The Labute approximate surface area is 156 Å². The van der Waals surface area contributed by atoms with E-state index in [0.29, 0.717) is 17.8 Å². The SMILES string of the molecule is Cc1ccccc1Cn1cccc(C(=O)Nc2ccc(C(N)=O)cc2)c1=O. The predicted molar refractivity (Wildman–Crippen MR) is 104 cm³/mol. The number of hydrogen-bond acceptors (Lipinski definition) is 3. The van der Waals surface area contributed by atoms with Crippen LogP contribution in [0.3, 0.4) is 0 Å². The number of rotatable bonds is 5. The number of aryl methyl sites for hydroxylation is 1. The number of nitrogens with zero attached hydrogens (tertiary/aromatic N) is 1. The molecule has 3 aromatic rings. The van der Waals surface area contributed by atoms with Gasteiger partial charge in [-0.25, -0.2) is 0 Å². The van der Waals surface area contributed by atoms with Crippen molar-refractivity contribution < 1.29 is 9.59 Å². The smallest absolute Gasteiger partial charge is 0.263 e. The minimum atomic E-state index is -0.546. The highest BCUT2D eigenvalue weighted by molar-refractivity contribution is 6.04. The van der Waals surface area contributed by atoms with Crippen LogP contribution >= 0.6 is 0 Å². The number of nitrogens with one attached hydrogen (secondary N) is 1. The summed E-state index contributed by atoms with van der Waals surface area (Å²) in [6.45, 7) is 2.37. The van der Waals surface area contributed by atoms with Gasteiger partial charge >= 0.3 is 0 Å². The van der Waals surface area contributed by atoms with Crippen LogP contribution in [-0.2, 0) is 6.54 Å². The second-order valence-corrected chi connectivity index (χ2v) is 6.18. The molecule has 2 amide bonds. The summed E-state index contributed by atoms with van der Waals surface area (Å²) in [4.78, 5) is 36.3. The van der Waals surface area contributed by atoms with Crippen molar-refractivity contribution in [2.24, 2.45) is 5.73 Å². The second-order valence-electron chi connectivity index (χ2n) is 6.18. The van der Waals surface area contributed by atoms with E-state index in [-0.39, 0.29) is 11.1 Å². The Hall–Kier alpha value is -3.67. The van der Waals surface area contributed by atoms with Crippen LogP contribution in [0.15, 0.2) is 71.7 Å². The molecule has 6 nitrogen and oxygen atoms in total. The third-order valence-electron chi connectivity index (χ3n) is 4.29. The molecule has 6 heteroatoms. The van der Waals surface area contributed by atoms with E-state index in [9.17, 15) is 14.4 Å². The first-order chi connectivity index (χ1) is 13.0. The van der Waals surface area contributed by atoms with Gasteiger partial charge in [0.15, 0.2) is 0 Å². The van der Waals surface area contributed by atoms with Gasteiger partial charge in [-0.2, -0.15) is 0 Å². The molecule has 0 bridgehead atoms. The fourth-order valence-electron chi connectivity index (χ4n) is 2.72. The molecule has 0 unspecified atom stereocenters. The van der Waals surface area contributed by atoms with Crippen molar-refractivity contribution >= 4 is 17.5 Å². The van der Waals surface area contributed by atoms with Crippen LogP contribution in [0.4, 0.5) is 5.69 Å². The van der Waals surface area contributed by atoms with Gasteiger partial charge in [-0.1, -0.05) is 24.3 Å². The van der Waals surface area contributed by atoms with Gasteiger partial charge in [0, 0.05) is 17.4 Å². The molecule has 0 fully saturated rings. The van der Waals surface area contributed by atoms with E-state index in [0.717, 1.165) is 11.1 Å². The van der Waals surface area contributed by atoms with Crippen molar-refractivity contribution in [1.29, 1.82) is 0 Å². The van der Waals surface area contributed by atoms with E-state index in [4.69, 9.17) is 5.73 Å². The molecule has 1 aromatic heterocycles. The number of hydrogen-bond donors (Lipinski definition) is 2. The molecule has 27 heavy (non-hydrogen) atoms. The molecule has 3 rings (SSSR count). The van der Waals surface area contributed by atoms with Crippen LogP contribution in [0, 0.1) is 6.92 Å². The minimum Gasteiger partial charge on any atom is -0.366 e. The van der Waals surface area contributed by atoms with Gasteiger partial charge < -0.3 is 15.6 Å². The summed E-state index contributed by atoms with van der Waals surface area (Å²) in [6, 6.07) is 17.1. The first kappa shape index (κ1) is 18.1. The normalized spacial score (nSPS) is 10.4. The number of amides is 2. The quantitative estimate of drug-likeness (QED) is 0.731. The van der Waals surface area contributed by atoms with Crippen molar-refractivity contribution in [1.82, 2.24) is 4.57 Å². The molecule has 0 atom stereocenters. The first-order valence-corrected chi connectivity index (χ1v) is 8.41. The average Bonchev–Trinajstić information content (AvgIpc) is 2.65. The number of carbonyl (C=O) groups is 2. The monoisotopic (exact) mass is 361 g/mol. The topological polar surface area (TPSA) is 94.2 Å². The summed E-state index contributed by atoms with van der Waals surface area (Å²) in [5.41, 5.74) is 7.78. The summed E-state index contributed by atoms with van der Waals surface area (Å²) in [5, 5.41) is 2.66. The molecule has 1 heterocycles. The summed E-state index contributed by atoms with van der Waals surface area (Å²) in [7, 11) is 0. The number of nitrogens with two attached hydrogens (primary N) is 1. The molecule has 3 N–H and O–H groups in total. The van der Waals surface area contributed by atoms with Crippen molar-refractivity contribution in [2.75, 3.05) is 5.32 Å². The number of carbonyl (C=O) groups excluding carboxylic acids is 2. The Balaban J connectivity index is 1.82. The van der Waals surface area contributed by atoms with Crippen LogP contribution in [0.1, 0.15) is 31.8 Å². The lowest BCUT2D eigenvalue weighted by Crippen LogP contribution is -2.29. The van der Waals surface area contributed by atoms with Gasteiger partial charge in [-0.3, -0.25) is 14.4 Å². The first-order valence-electron chi connectivity index (χ1n) is 8.41. The summed E-state index contributed by atoms with van der Waals surface area (Å²) in [6.07, 6.45) is 1.66. The lowest BCUT2D eigenvalue weighted by atomic mass is 10.1. The molecule has 0 radical (unpaired) electrons. The Morgan fingerprint density at radius 1 is 1.00 bits per heavy atom. The number of anilines is 1. The molecular formula is C21H19N3O3. The van der Waals surface area contributed by atoms with Crippen LogP contribution in [0.2, 0.25) is 0 Å². The van der Waals surface area contributed by atoms with E-state index < -0.39 is 11.8 Å². The van der Waals surface area contributed by atoms with Gasteiger partial charge in [0.25, 0.3) is 11.5 Å². The highest BCUT2D eigenvalue weighted by Gasteiger charge is 2.13. The van der Waals surface area contributed by atoms with Crippen molar-refractivity contribution in [3.63, 3.8) is 0 Å². The van der Waals surface area contributed by atoms with Crippen LogP contribution in [0.5, 0.6) is 0 Å². The number of benzene rings is 2. The fourth-order valence-corrected chi connectivity index (χ4v) is 2.72. The van der Waals surface area contributed by atoms with Crippen molar-refractivity contribution in [2.45, 2.75) is 13.5 Å². The van der Waals surface area contributed by atoms with Gasteiger partial charge in [0.2, 0.25) is 5.91 Å². The maximum atomic E-state index is 12.7. The van der Waals surface area contributed by atoms with Gasteiger partial charge in [-0.05, 0) is 54.4 Å². The molecule has 0 saturated heterocycles. The largest absolute Gasteiger partial charge is 0.366 e. The molecule has 0 aliphatic heterocycles. The molecule has 0 spiro atoms. The number of primary amides is 1. The summed E-state index contributed by atoms with van der Waals surface area (Å²) >= 11 is 0. The highest BCUT2D eigenvalue weighted by Crippen LogP contribution is 2.11. The predicted octanol–water partition coefficient (Wildman–Crippen LogP) is 2.56. The summed E-state index contributed by atoms with van der Waals surface area (Å²) < 4.78 is 1.51. The molecule has 0 aliphatic carbocycles. The zero-order valence-electron chi connectivity index (χ0n) is 14.8. The van der Waals surface area contributed by atoms with E-state index in [1.165, 1.54) is 22.8 Å². The van der Waals surface area contributed by atoms with E-state index in [1.54, 1.807) is 24.4 Å². The highest BCUT2D eigenvalue weighted by atomic mass is 16.2. The average molecular weight is 361 g/mol. The number of pyridine rings is 1. The van der Waals surface area contributed by atoms with Crippen LogP contribution in [0.25, 0.3) is 0 Å². The van der Waals surface area contributed by atoms with Crippen molar-refractivity contribution in [3.8, 4) is 0 Å². The van der Waals surface area contributed by atoms with Crippen LogP contribution in [-0.4, -0.2) is 16.4 Å². The van der Waals surface area contributed by atoms with E-state index >= 15 is 0 Å². The van der Waals surface area contributed by atoms with E-state index in [1.807, 2.05) is 31.2 Å². The molecule has 0 aliphatic rings. The fraction of sp³-hybridized carbons (Fsp3) is 0.0952. The Bertz CT molecular complexity index is 1050. The Morgan fingerprint density at radius 2 is 1.70 bits per heavy atom. The standard InChI is InChI=1S/C21H19N3O3/c1-14-5-2-3-6-16(14)13-24-12-4-7-18(21(24)27)20(26)23-17-10-8-15(9-11-17)19(22)25/h2-12H,13H2,1H3,(H2,22,25)(H,23,26).